The van der Waals surface area contributed by atoms with Crippen molar-refractivity contribution in [3.8, 4) is 0 Å². The van der Waals surface area contributed by atoms with E-state index in [1.807, 2.05) is 0 Å². The summed E-state index contributed by atoms with van der Waals surface area (Å²) in [6.07, 6.45) is 6.32. The van der Waals surface area contributed by atoms with Gasteiger partial charge in [-0.05, 0) is 62.3 Å². The molecule has 4 bridgehead atoms. The summed E-state index contributed by atoms with van der Waals surface area (Å²) in [6.45, 7) is 0.968. The number of H-pyrrole nitrogens is 1. The molecule has 1 aliphatic heterocycles. The van der Waals surface area contributed by atoms with E-state index in [1.165, 1.54) is 6.20 Å². The SMILES string of the molecule is O=C(OC1C2CC3C[C@H]1C[C@@](O)(C3)C2)N1CC[C@@H](n2c(=O)[nH]c3cc(Cl)cnc32)C1. The minimum Gasteiger partial charge on any atom is -0.446 e. The highest BCUT2D eigenvalue weighted by molar-refractivity contribution is 6.31. The number of amides is 1. The Balaban J connectivity index is 1.17. The van der Waals surface area contributed by atoms with Crippen LogP contribution in [0.25, 0.3) is 11.2 Å². The first-order valence-corrected chi connectivity index (χ1v) is 11.2. The van der Waals surface area contributed by atoms with Gasteiger partial charge in [0.1, 0.15) is 6.10 Å². The Bertz CT molecular complexity index is 1060. The average Bonchev–Trinajstić information content (AvgIpc) is 3.26. The van der Waals surface area contributed by atoms with E-state index in [9.17, 15) is 14.7 Å². The molecule has 5 aliphatic rings. The fourth-order valence-electron chi connectivity index (χ4n) is 6.76. The van der Waals surface area contributed by atoms with Crippen LogP contribution in [0, 0.1) is 17.8 Å². The van der Waals surface area contributed by atoms with Gasteiger partial charge in [0.25, 0.3) is 0 Å². The van der Waals surface area contributed by atoms with Gasteiger partial charge in [0, 0.05) is 19.3 Å². The highest BCUT2D eigenvalue weighted by atomic mass is 35.5. The summed E-state index contributed by atoms with van der Waals surface area (Å²) in [7, 11) is 0. The number of aromatic nitrogens is 3. The van der Waals surface area contributed by atoms with Crippen molar-refractivity contribution in [2.45, 2.75) is 56.3 Å². The maximum Gasteiger partial charge on any atom is 0.410 e. The summed E-state index contributed by atoms with van der Waals surface area (Å²) in [5.74, 6) is 1.12. The van der Waals surface area contributed by atoms with Crippen LogP contribution < -0.4 is 5.69 Å². The number of nitrogens with one attached hydrogen (secondary N) is 1. The average molecular weight is 433 g/mol. The second-order valence-corrected chi connectivity index (χ2v) is 10.2. The van der Waals surface area contributed by atoms with Crippen LogP contribution in [-0.2, 0) is 4.74 Å². The van der Waals surface area contributed by atoms with E-state index in [4.69, 9.17) is 16.3 Å². The first-order chi connectivity index (χ1) is 14.4. The molecule has 6 atom stereocenters. The molecule has 4 aliphatic carbocycles. The Morgan fingerprint density at radius 1 is 1.30 bits per heavy atom. The second-order valence-electron chi connectivity index (χ2n) is 9.76. The van der Waals surface area contributed by atoms with E-state index in [0.29, 0.717) is 41.6 Å². The molecule has 2 aromatic rings. The lowest BCUT2D eigenvalue weighted by molar-refractivity contribution is -0.177. The smallest absolute Gasteiger partial charge is 0.410 e. The molecule has 1 amide bonds. The molecule has 9 heteroatoms. The zero-order valence-corrected chi connectivity index (χ0v) is 17.3. The van der Waals surface area contributed by atoms with Crippen LogP contribution in [-0.4, -0.2) is 55.4 Å². The van der Waals surface area contributed by atoms with Gasteiger partial charge in [0.15, 0.2) is 5.65 Å². The van der Waals surface area contributed by atoms with Crippen LogP contribution in [0.2, 0.25) is 5.02 Å². The van der Waals surface area contributed by atoms with Crippen LogP contribution >= 0.6 is 11.6 Å². The highest BCUT2D eigenvalue weighted by Gasteiger charge is 2.56. The second kappa shape index (κ2) is 6.47. The number of carbonyl (C=O) groups is 1. The van der Waals surface area contributed by atoms with Crippen molar-refractivity contribution in [2.75, 3.05) is 13.1 Å². The zero-order chi connectivity index (χ0) is 20.6. The van der Waals surface area contributed by atoms with E-state index >= 15 is 0 Å². The molecule has 3 heterocycles. The minimum absolute atomic E-state index is 0.0898. The first kappa shape index (κ1) is 18.7. The summed E-state index contributed by atoms with van der Waals surface area (Å²) < 4.78 is 7.63. The van der Waals surface area contributed by atoms with E-state index in [2.05, 4.69) is 9.97 Å². The molecule has 3 unspecified atom stereocenters. The predicted octanol–water partition coefficient (Wildman–Crippen LogP) is 2.70. The number of likely N-dealkylation sites (tertiary alicyclic amines) is 1. The monoisotopic (exact) mass is 432 g/mol. The number of halogens is 1. The summed E-state index contributed by atoms with van der Waals surface area (Å²) in [5, 5.41) is 11.2. The number of nitrogens with zero attached hydrogens (tertiary/aromatic N) is 3. The number of imidazole rings is 1. The molecule has 7 rings (SSSR count). The summed E-state index contributed by atoms with van der Waals surface area (Å²) in [4.78, 5) is 34.2. The highest BCUT2D eigenvalue weighted by Crippen LogP contribution is 2.56. The number of ether oxygens (including phenoxy) is 1. The molecule has 4 saturated carbocycles. The Morgan fingerprint density at radius 2 is 2.07 bits per heavy atom. The maximum atomic E-state index is 12.9. The lowest BCUT2D eigenvalue weighted by Crippen LogP contribution is -2.58. The standard InChI is InChI=1S/C21H25ClN4O4/c22-14-5-16-18(23-9-14)26(19(27)24-16)15-1-2-25(10-15)20(28)30-17-12-3-11-4-13(17)8-21(29,6-11)7-12/h5,9,11-13,15,17,29H,1-4,6-8,10H2,(H,24,27)/t11?,12-,13?,15+,17?,21-/m0/s1. The van der Waals surface area contributed by atoms with Crippen molar-refractivity contribution >= 4 is 28.9 Å². The van der Waals surface area contributed by atoms with Gasteiger partial charge in [-0.15, -0.1) is 0 Å². The Kier molecular flexibility index (Phi) is 4.03. The number of aliphatic hydroxyl groups is 1. The van der Waals surface area contributed by atoms with Crippen molar-refractivity contribution in [3.63, 3.8) is 0 Å². The maximum absolute atomic E-state index is 12.9. The normalized spacial score (nSPS) is 37.3. The number of rotatable bonds is 2. The molecule has 160 valence electrons. The van der Waals surface area contributed by atoms with Gasteiger partial charge < -0.3 is 19.7 Å². The fraction of sp³-hybridized carbons (Fsp3) is 0.667. The number of fused-ring (bicyclic) bond motifs is 1. The molecule has 0 radical (unpaired) electrons. The summed E-state index contributed by atoms with van der Waals surface area (Å²) >= 11 is 5.98. The van der Waals surface area contributed by atoms with Crippen molar-refractivity contribution in [1.82, 2.24) is 19.4 Å². The van der Waals surface area contributed by atoms with Crippen LogP contribution in [0.5, 0.6) is 0 Å². The quantitative estimate of drug-likeness (QED) is 0.759. The third-order valence-electron chi connectivity index (χ3n) is 7.70. The van der Waals surface area contributed by atoms with Gasteiger partial charge in [-0.1, -0.05) is 11.6 Å². The molecule has 0 spiro atoms. The van der Waals surface area contributed by atoms with Gasteiger partial charge >= 0.3 is 11.8 Å². The number of carbonyl (C=O) groups excluding carboxylic acids is 1. The van der Waals surface area contributed by atoms with E-state index < -0.39 is 5.60 Å². The van der Waals surface area contributed by atoms with Gasteiger partial charge in [0.05, 0.1) is 22.2 Å². The molecule has 8 nitrogen and oxygen atoms in total. The molecule has 1 saturated heterocycles. The van der Waals surface area contributed by atoms with Gasteiger partial charge in [-0.2, -0.15) is 0 Å². The molecule has 5 fully saturated rings. The predicted molar refractivity (Wildman–Crippen MR) is 109 cm³/mol. The van der Waals surface area contributed by atoms with Crippen molar-refractivity contribution in [1.29, 1.82) is 0 Å². The van der Waals surface area contributed by atoms with Gasteiger partial charge in [-0.25, -0.2) is 14.6 Å². The Morgan fingerprint density at radius 3 is 2.80 bits per heavy atom. The third kappa shape index (κ3) is 2.87. The van der Waals surface area contributed by atoms with Gasteiger partial charge in [-0.3, -0.25) is 4.57 Å². The molecule has 0 aromatic carbocycles. The van der Waals surface area contributed by atoms with Crippen molar-refractivity contribution in [3.05, 3.63) is 27.8 Å². The topological polar surface area (TPSA) is 100 Å². The van der Waals surface area contributed by atoms with Crippen molar-refractivity contribution < 1.29 is 14.6 Å². The van der Waals surface area contributed by atoms with Crippen molar-refractivity contribution in [2.24, 2.45) is 17.8 Å². The van der Waals surface area contributed by atoms with Crippen LogP contribution in [0.15, 0.2) is 17.1 Å². The van der Waals surface area contributed by atoms with Crippen LogP contribution in [0.4, 0.5) is 4.79 Å². The van der Waals surface area contributed by atoms with E-state index in [1.54, 1.807) is 15.5 Å². The number of aromatic amines is 1. The van der Waals surface area contributed by atoms with E-state index in [0.717, 1.165) is 32.1 Å². The Labute approximate surface area is 178 Å². The molecule has 30 heavy (non-hydrogen) atoms. The summed E-state index contributed by atoms with van der Waals surface area (Å²) in [5.41, 5.74) is 0.373. The molecule has 2 aromatic heterocycles. The van der Waals surface area contributed by atoms with Crippen LogP contribution in [0.3, 0.4) is 0 Å². The molecular weight excluding hydrogens is 408 g/mol. The number of pyridine rings is 1. The zero-order valence-electron chi connectivity index (χ0n) is 16.6. The third-order valence-corrected chi connectivity index (χ3v) is 7.91. The lowest BCUT2D eigenvalue weighted by atomic mass is 9.53. The minimum atomic E-state index is -0.537. The molecule has 2 N–H and O–H groups in total. The first-order valence-electron chi connectivity index (χ1n) is 10.8. The fourth-order valence-corrected chi connectivity index (χ4v) is 6.92. The van der Waals surface area contributed by atoms with Crippen LogP contribution in [0.1, 0.15) is 44.6 Å². The largest absolute Gasteiger partial charge is 0.446 e. The number of hydrogen-bond donors (Lipinski definition) is 2. The number of hydrogen-bond acceptors (Lipinski definition) is 5. The van der Waals surface area contributed by atoms with Gasteiger partial charge in [0.2, 0.25) is 0 Å². The molecular formula is C21H25ClN4O4. The Hall–Kier alpha value is -2.06. The lowest BCUT2D eigenvalue weighted by Gasteiger charge is -2.57. The van der Waals surface area contributed by atoms with E-state index in [-0.39, 0.29) is 35.8 Å². The summed E-state index contributed by atoms with van der Waals surface area (Å²) in [6, 6.07) is 1.54.